The maximum absolute atomic E-state index is 13.2. The van der Waals surface area contributed by atoms with Crippen molar-refractivity contribution in [2.75, 3.05) is 17.4 Å². The second-order valence-electron chi connectivity index (χ2n) is 6.78. The predicted octanol–water partition coefficient (Wildman–Crippen LogP) is 4.38. The van der Waals surface area contributed by atoms with E-state index in [2.05, 4.69) is 10.6 Å². The first kappa shape index (κ1) is 19.4. The fourth-order valence-electron chi connectivity index (χ4n) is 3.09. The zero-order valence-electron chi connectivity index (χ0n) is 16.0. The Kier molecular flexibility index (Phi) is 5.61. The summed E-state index contributed by atoms with van der Waals surface area (Å²) in [5.74, 6) is 0.316. The van der Waals surface area contributed by atoms with Crippen LogP contribution in [0.3, 0.4) is 0 Å². The Labute approximate surface area is 172 Å². The quantitative estimate of drug-likeness (QED) is 0.637. The standard InChI is InChI=1S/C23H19FN2O4/c24-17-4-1-3-15(11-17)7-10-22(27)25-18-5-2-6-19(13-18)26-23(28)16-8-9-20-21(12-16)30-14-29-20/h1-6,8-9,11-13H,7,10,14H2,(H,25,27)(H,26,28). The van der Waals surface area contributed by atoms with Crippen molar-refractivity contribution in [1.29, 1.82) is 0 Å². The molecule has 0 fully saturated rings. The lowest BCUT2D eigenvalue weighted by atomic mass is 10.1. The number of hydrogen-bond acceptors (Lipinski definition) is 4. The molecule has 0 spiro atoms. The number of aryl methyl sites for hydroxylation is 1. The van der Waals surface area contributed by atoms with Gasteiger partial charge in [-0.3, -0.25) is 9.59 Å². The fraction of sp³-hybridized carbons (Fsp3) is 0.130. The molecule has 152 valence electrons. The third-order valence-corrected chi connectivity index (χ3v) is 4.57. The molecular weight excluding hydrogens is 387 g/mol. The highest BCUT2D eigenvalue weighted by Crippen LogP contribution is 2.32. The van der Waals surface area contributed by atoms with Crippen LogP contribution in [0, 0.1) is 5.82 Å². The highest BCUT2D eigenvalue weighted by atomic mass is 19.1. The fourth-order valence-corrected chi connectivity index (χ4v) is 3.09. The van der Waals surface area contributed by atoms with E-state index in [1.54, 1.807) is 54.6 Å². The second-order valence-corrected chi connectivity index (χ2v) is 6.78. The van der Waals surface area contributed by atoms with Gasteiger partial charge in [0.2, 0.25) is 12.7 Å². The third kappa shape index (κ3) is 4.75. The van der Waals surface area contributed by atoms with E-state index in [0.29, 0.717) is 34.9 Å². The van der Waals surface area contributed by atoms with E-state index in [-0.39, 0.29) is 30.8 Å². The number of fused-ring (bicyclic) bond motifs is 1. The van der Waals surface area contributed by atoms with Crippen LogP contribution >= 0.6 is 0 Å². The van der Waals surface area contributed by atoms with E-state index in [0.717, 1.165) is 5.56 Å². The van der Waals surface area contributed by atoms with Crippen LogP contribution in [-0.2, 0) is 11.2 Å². The van der Waals surface area contributed by atoms with Crippen molar-refractivity contribution in [3.63, 3.8) is 0 Å². The van der Waals surface area contributed by atoms with Crippen molar-refractivity contribution in [2.45, 2.75) is 12.8 Å². The molecule has 0 bridgehead atoms. The molecule has 3 aromatic carbocycles. The molecule has 1 heterocycles. The Morgan fingerprint density at radius 2 is 1.63 bits per heavy atom. The number of anilines is 2. The van der Waals surface area contributed by atoms with Crippen molar-refractivity contribution in [3.05, 3.63) is 83.7 Å². The van der Waals surface area contributed by atoms with Crippen LogP contribution in [-0.4, -0.2) is 18.6 Å². The smallest absolute Gasteiger partial charge is 0.255 e. The Hall–Kier alpha value is -3.87. The number of rotatable bonds is 6. The van der Waals surface area contributed by atoms with Gasteiger partial charge in [-0.15, -0.1) is 0 Å². The summed E-state index contributed by atoms with van der Waals surface area (Å²) in [7, 11) is 0. The zero-order chi connectivity index (χ0) is 20.9. The summed E-state index contributed by atoms with van der Waals surface area (Å²) in [5.41, 5.74) is 2.29. The third-order valence-electron chi connectivity index (χ3n) is 4.57. The van der Waals surface area contributed by atoms with Gasteiger partial charge in [0.25, 0.3) is 5.91 Å². The van der Waals surface area contributed by atoms with Crippen LogP contribution in [0.1, 0.15) is 22.3 Å². The SMILES string of the molecule is O=C(CCc1cccc(F)c1)Nc1cccc(NC(=O)c2ccc3c(c2)OCO3)c1. The Bertz CT molecular complexity index is 1100. The molecule has 2 amide bonds. The summed E-state index contributed by atoms with van der Waals surface area (Å²) >= 11 is 0. The Morgan fingerprint density at radius 3 is 2.47 bits per heavy atom. The molecule has 2 N–H and O–H groups in total. The minimum atomic E-state index is -0.321. The molecule has 0 aliphatic carbocycles. The maximum Gasteiger partial charge on any atom is 0.255 e. The highest BCUT2D eigenvalue weighted by molar-refractivity contribution is 6.05. The predicted molar refractivity (Wildman–Crippen MR) is 110 cm³/mol. The van der Waals surface area contributed by atoms with E-state index in [1.165, 1.54) is 12.1 Å². The molecule has 6 nitrogen and oxygen atoms in total. The first-order valence-corrected chi connectivity index (χ1v) is 9.42. The minimum absolute atomic E-state index is 0.140. The topological polar surface area (TPSA) is 76.7 Å². The van der Waals surface area contributed by atoms with Gasteiger partial charge in [0, 0.05) is 23.4 Å². The normalized spacial score (nSPS) is 11.8. The van der Waals surface area contributed by atoms with Gasteiger partial charge in [0.05, 0.1) is 0 Å². The number of nitrogens with one attached hydrogen (secondary N) is 2. The van der Waals surface area contributed by atoms with E-state index in [1.807, 2.05) is 0 Å². The minimum Gasteiger partial charge on any atom is -0.454 e. The summed E-state index contributed by atoms with van der Waals surface area (Å²) in [6.45, 7) is 0.140. The Morgan fingerprint density at radius 1 is 0.867 bits per heavy atom. The van der Waals surface area contributed by atoms with Crippen LogP contribution in [0.5, 0.6) is 11.5 Å². The van der Waals surface area contributed by atoms with Crippen LogP contribution in [0.15, 0.2) is 66.7 Å². The second kappa shape index (κ2) is 8.65. The van der Waals surface area contributed by atoms with Gasteiger partial charge in [-0.1, -0.05) is 18.2 Å². The number of hydrogen-bond donors (Lipinski definition) is 2. The number of benzene rings is 3. The number of amides is 2. The summed E-state index contributed by atoms with van der Waals surface area (Å²) in [6, 6.07) is 18.0. The van der Waals surface area contributed by atoms with Crippen LogP contribution in [0.4, 0.5) is 15.8 Å². The van der Waals surface area contributed by atoms with Gasteiger partial charge in [-0.2, -0.15) is 0 Å². The molecule has 4 rings (SSSR count). The van der Waals surface area contributed by atoms with Gasteiger partial charge in [0.1, 0.15) is 5.82 Å². The lowest BCUT2D eigenvalue weighted by Crippen LogP contribution is -2.14. The molecular formula is C23H19FN2O4. The van der Waals surface area contributed by atoms with Gasteiger partial charge in [0.15, 0.2) is 11.5 Å². The van der Waals surface area contributed by atoms with Crippen molar-refractivity contribution in [2.24, 2.45) is 0 Å². The number of halogens is 1. The molecule has 0 saturated carbocycles. The van der Waals surface area contributed by atoms with E-state index in [4.69, 9.17) is 9.47 Å². The number of ether oxygens (including phenoxy) is 2. The highest BCUT2D eigenvalue weighted by Gasteiger charge is 2.16. The molecule has 1 aliphatic heterocycles. The zero-order valence-corrected chi connectivity index (χ0v) is 16.0. The lowest BCUT2D eigenvalue weighted by Gasteiger charge is -2.09. The average molecular weight is 406 g/mol. The van der Waals surface area contributed by atoms with Crippen molar-refractivity contribution < 1.29 is 23.5 Å². The summed E-state index contributed by atoms with van der Waals surface area (Å²) in [5, 5.41) is 5.59. The molecule has 0 radical (unpaired) electrons. The van der Waals surface area contributed by atoms with Crippen LogP contribution < -0.4 is 20.1 Å². The van der Waals surface area contributed by atoms with Crippen molar-refractivity contribution in [1.82, 2.24) is 0 Å². The van der Waals surface area contributed by atoms with E-state index >= 15 is 0 Å². The molecule has 1 aliphatic rings. The molecule has 7 heteroatoms. The molecule has 0 atom stereocenters. The van der Waals surface area contributed by atoms with E-state index < -0.39 is 0 Å². The molecule has 0 aromatic heterocycles. The molecule has 3 aromatic rings. The maximum atomic E-state index is 13.2. The van der Waals surface area contributed by atoms with Gasteiger partial charge in [-0.25, -0.2) is 4.39 Å². The number of carbonyl (C=O) groups is 2. The molecule has 0 saturated heterocycles. The largest absolute Gasteiger partial charge is 0.454 e. The van der Waals surface area contributed by atoms with Crippen molar-refractivity contribution in [3.8, 4) is 11.5 Å². The van der Waals surface area contributed by atoms with E-state index in [9.17, 15) is 14.0 Å². The lowest BCUT2D eigenvalue weighted by molar-refractivity contribution is -0.116. The first-order valence-electron chi connectivity index (χ1n) is 9.42. The summed E-state index contributed by atoms with van der Waals surface area (Å²) < 4.78 is 23.8. The molecule has 30 heavy (non-hydrogen) atoms. The van der Waals surface area contributed by atoms with Crippen LogP contribution in [0.25, 0.3) is 0 Å². The van der Waals surface area contributed by atoms with Gasteiger partial charge in [-0.05, 0) is 60.5 Å². The van der Waals surface area contributed by atoms with Gasteiger partial charge < -0.3 is 20.1 Å². The summed E-state index contributed by atoms with van der Waals surface area (Å²) in [4.78, 5) is 24.7. The number of carbonyl (C=O) groups excluding carboxylic acids is 2. The Balaban J connectivity index is 1.35. The van der Waals surface area contributed by atoms with Crippen LogP contribution in [0.2, 0.25) is 0 Å². The van der Waals surface area contributed by atoms with Gasteiger partial charge >= 0.3 is 0 Å². The van der Waals surface area contributed by atoms with Crippen molar-refractivity contribution >= 4 is 23.2 Å². The summed E-state index contributed by atoms with van der Waals surface area (Å²) in [6.07, 6.45) is 0.654. The monoisotopic (exact) mass is 406 g/mol. The first-order chi connectivity index (χ1) is 14.6. The average Bonchev–Trinajstić information content (AvgIpc) is 3.20. The molecule has 0 unspecified atom stereocenters.